The van der Waals surface area contributed by atoms with Gasteiger partial charge in [0.05, 0.1) is 6.04 Å². The van der Waals surface area contributed by atoms with E-state index >= 15 is 0 Å². The molecule has 176 valence electrons. The first-order valence-electron chi connectivity index (χ1n) is 11.5. The molecule has 2 heterocycles. The highest BCUT2D eigenvalue weighted by molar-refractivity contribution is 7.10. The van der Waals surface area contributed by atoms with Gasteiger partial charge in [-0.3, -0.25) is 9.59 Å². The Morgan fingerprint density at radius 2 is 1.91 bits per heavy atom. The number of rotatable bonds is 8. The molecule has 6 heteroatoms. The highest BCUT2D eigenvalue weighted by Crippen LogP contribution is 2.34. The van der Waals surface area contributed by atoms with Gasteiger partial charge in [-0.1, -0.05) is 42.0 Å². The van der Waals surface area contributed by atoms with Gasteiger partial charge in [0.25, 0.3) is 5.91 Å². The number of hydrogen-bond donors (Lipinski definition) is 0. The van der Waals surface area contributed by atoms with Crippen molar-refractivity contribution in [3.05, 3.63) is 99.8 Å². The SMILES string of the molecule is C=CCN(CC(=O)N1CCc2sccc2[C@H]1COc1ccccc1C)C(=O)c1ccc(C)cc1. The molecular formula is C28H30N2O3S. The maximum Gasteiger partial charge on any atom is 0.254 e. The van der Waals surface area contributed by atoms with E-state index in [4.69, 9.17) is 4.74 Å². The van der Waals surface area contributed by atoms with Crippen LogP contribution in [0.1, 0.15) is 38.0 Å². The molecule has 0 aliphatic carbocycles. The van der Waals surface area contributed by atoms with Crippen molar-refractivity contribution in [2.24, 2.45) is 0 Å². The second kappa shape index (κ2) is 10.7. The standard InChI is InChI=1S/C28H30N2O3S/c1-4-15-29(28(32)22-11-9-20(2)10-12-22)18-27(31)30-16-13-26-23(14-17-34-26)24(30)19-33-25-8-6-5-7-21(25)3/h4-12,14,17,24H,1,13,15-16,18-19H2,2-3H3/t24-/m1/s1. The molecule has 1 atom stereocenters. The summed E-state index contributed by atoms with van der Waals surface area (Å²) in [5.74, 6) is 0.562. The molecule has 1 aromatic heterocycles. The molecule has 3 aromatic rings. The smallest absolute Gasteiger partial charge is 0.254 e. The molecular weight excluding hydrogens is 444 g/mol. The van der Waals surface area contributed by atoms with Crippen molar-refractivity contribution < 1.29 is 14.3 Å². The fourth-order valence-corrected chi connectivity index (χ4v) is 5.20. The molecule has 0 saturated heterocycles. The lowest BCUT2D eigenvalue weighted by molar-refractivity contribution is -0.135. The van der Waals surface area contributed by atoms with E-state index in [0.717, 1.165) is 28.9 Å². The molecule has 0 bridgehead atoms. The number of nitrogens with zero attached hydrogens (tertiary/aromatic N) is 2. The summed E-state index contributed by atoms with van der Waals surface area (Å²) >= 11 is 1.72. The van der Waals surface area contributed by atoms with Gasteiger partial charge in [-0.15, -0.1) is 17.9 Å². The van der Waals surface area contributed by atoms with Crippen molar-refractivity contribution in [1.29, 1.82) is 0 Å². The summed E-state index contributed by atoms with van der Waals surface area (Å²) in [5.41, 5.74) is 3.85. The Balaban J connectivity index is 1.53. The number of hydrogen-bond acceptors (Lipinski definition) is 4. The molecule has 1 aliphatic rings. The van der Waals surface area contributed by atoms with Crippen LogP contribution in [0.5, 0.6) is 5.75 Å². The normalized spacial score (nSPS) is 14.9. The van der Waals surface area contributed by atoms with Crippen LogP contribution in [-0.4, -0.2) is 47.9 Å². The number of carbonyl (C=O) groups excluding carboxylic acids is 2. The molecule has 0 N–H and O–H groups in total. The monoisotopic (exact) mass is 474 g/mol. The number of ether oxygens (including phenoxy) is 1. The van der Waals surface area contributed by atoms with E-state index in [1.165, 1.54) is 4.88 Å². The van der Waals surface area contributed by atoms with Crippen molar-refractivity contribution in [2.75, 3.05) is 26.2 Å². The minimum atomic E-state index is -0.192. The first-order chi connectivity index (χ1) is 16.5. The molecule has 0 saturated carbocycles. The van der Waals surface area contributed by atoms with Crippen LogP contribution in [-0.2, 0) is 11.2 Å². The van der Waals surface area contributed by atoms with Gasteiger partial charge in [-0.05, 0) is 61.0 Å². The van der Waals surface area contributed by atoms with Crippen LogP contribution >= 0.6 is 11.3 Å². The number of para-hydroxylation sites is 1. The van der Waals surface area contributed by atoms with Crippen LogP contribution in [0.3, 0.4) is 0 Å². The quantitative estimate of drug-likeness (QED) is 0.422. The molecule has 5 nitrogen and oxygen atoms in total. The summed E-state index contributed by atoms with van der Waals surface area (Å²) in [6.07, 6.45) is 2.47. The van der Waals surface area contributed by atoms with E-state index in [-0.39, 0.29) is 24.4 Å². The largest absolute Gasteiger partial charge is 0.491 e. The molecule has 0 fully saturated rings. The molecule has 0 unspecified atom stereocenters. The Hall–Kier alpha value is -3.38. The zero-order valence-corrected chi connectivity index (χ0v) is 20.5. The molecule has 34 heavy (non-hydrogen) atoms. The van der Waals surface area contributed by atoms with E-state index in [0.29, 0.717) is 25.3 Å². The van der Waals surface area contributed by atoms with Crippen LogP contribution in [0.25, 0.3) is 0 Å². The fourth-order valence-electron chi connectivity index (χ4n) is 4.27. The number of benzene rings is 2. The van der Waals surface area contributed by atoms with Crippen LogP contribution in [0, 0.1) is 13.8 Å². The molecule has 4 rings (SSSR count). The zero-order chi connectivity index (χ0) is 24.1. The maximum absolute atomic E-state index is 13.5. The highest BCUT2D eigenvalue weighted by Gasteiger charge is 2.33. The van der Waals surface area contributed by atoms with Crippen LogP contribution in [0.2, 0.25) is 0 Å². The Morgan fingerprint density at radius 1 is 1.15 bits per heavy atom. The van der Waals surface area contributed by atoms with Crippen LogP contribution in [0.4, 0.5) is 0 Å². The lowest BCUT2D eigenvalue weighted by Gasteiger charge is -2.37. The lowest BCUT2D eigenvalue weighted by atomic mass is 10.00. The maximum atomic E-state index is 13.5. The molecule has 1 aliphatic heterocycles. The number of carbonyl (C=O) groups is 2. The number of aryl methyl sites for hydroxylation is 2. The highest BCUT2D eigenvalue weighted by atomic mass is 32.1. The predicted molar refractivity (Wildman–Crippen MR) is 136 cm³/mol. The third-order valence-electron chi connectivity index (χ3n) is 6.17. The number of amides is 2. The van der Waals surface area contributed by atoms with E-state index in [1.54, 1.807) is 34.4 Å². The summed E-state index contributed by atoms with van der Waals surface area (Å²) in [7, 11) is 0. The minimum Gasteiger partial charge on any atom is -0.491 e. The summed E-state index contributed by atoms with van der Waals surface area (Å²) in [6, 6.07) is 17.2. The summed E-state index contributed by atoms with van der Waals surface area (Å²) in [5, 5.41) is 2.07. The van der Waals surface area contributed by atoms with Crippen molar-refractivity contribution in [1.82, 2.24) is 9.80 Å². The fraction of sp³-hybridized carbons (Fsp3) is 0.286. The second-order valence-electron chi connectivity index (χ2n) is 8.57. The topological polar surface area (TPSA) is 49.9 Å². The van der Waals surface area contributed by atoms with Crippen molar-refractivity contribution in [3.63, 3.8) is 0 Å². The number of fused-ring (bicyclic) bond motifs is 1. The van der Waals surface area contributed by atoms with Crippen molar-refractivity contribution >= 4 is 23.2 Å². The summed E-state index contributed by atoms with van der Waals surface area (Å²) in [6.45, 7) is 9.05. The van der Waals surface area contributed by atoms with E-state index in [1.807, 2.05) is 55.1 Å². The minimum absolute atomic E-state index is 0.000928. The van der Waals surface area contributed by atoms with Gasteiger partial charge in [0.2, 0.25) is 5.91 Å². The zero-order valence-electron chi connectivity index (χ0n) is 19.7. The van der Waals surface area contributed by atoms with Crippen molar-refractivity contribution in [2.45, 2.75) is 26.3 Å². The third-order valence-corrected chi connectivity index (χ3v) is 7.16. The third kappa shape index (κ3) is 5.23. The Morgan fingerprint density at radius 3 is 2.65 bits per heavy atom. The van der Waals surface area contributed by atoms with Gasteiger partial charge in [-0.25, -0.2) is 0 Å². The van der Waals surface area contributed by atoms with Gasteiger partial charge < -0.3 is 14.5 Å². The lowest BCUT2D eigenvalue weighted by Crippen LogP contribution is -2.47. The summed E-state index contributed by atoms with van der Waals surface area (Å²) < 4.78 is 6.18. The molecule has 0 spiro atoms. The predicted octanol–water partition coefficient (Wildman–Crippen LogP) is 5.20. The van der Waals surface area contributed by atoms with Gasteiger partial charge in [-0.2, -0.15) is 0 Å². The molecule has 2 aromatic carbocycles. The first kappa shape index (κ1) is 23.8. The first-order valence-corrected chi connectivity index (χ1v) is 12.4. The van der Waals surface area contributed by atoms with E-state index in [9.17, 15) is 9.59 Å². The molecule has 2 amide bonds. The molecule has 0 radical (unpaired) electrons. The van der Waals surface area contributed by atoms with E-state index in [2.05, 4.69) is 18.0 Å². The van der Waals surface area contributed by atoms with Crippen molar-refractivity contribution in [3.8, 4) is 5.75 Å². The second-order valence-corrected chi connectivity index (χ2v) is 9.57. The Bertz CT molecular complexity index is 1170. The van der Waals surface area contributed by atoms with Gasteiger partial charge in [0.15, 0.2) is 0 Å². The Kier molecular flexibility index (Phi) is 7.48. The average molecular weight is 475 g/mol. The number of thiophene rings is 1. The summed E-state index contributed by atoms with van der Waals surface area (Å²) in [4.78, 5) is 31.4. The van der Waals surface area contributed by atoms with Crippen LogP contribution < -0.4 is 4.74 Å². The van der Waals surface area contributed by atoms with E-state index < -0.39 is 0 Å². The van der Waals surface area contributed by atoms with Gasteiger partial charge >= 0.3 is 0 Å². The van der Waals surface area contributed by atoms with Gasteiger partial charge in [0.1, 0.15) is 18.9 Å². The average Bonchev–Trinajstić information content (AvgIpc) is 3.32. The van der Waals surface area contributed by atoms with Crippen LogP contribution in [0.15, 0.2) is 72.6 Å². The van der Waals surface area contributed by atoms with Gasteiger partial charge in [0, 0.05) is 23.5 Å². The Labute approximate surface area is 205 Å².